The van der Waals surface area contributed by atoms with Gasteiger partial charge in [0, 0.05) is 43.4 Å². The Morgan fingerprint density at radius 3 is 2.44 bits per heavy atom. The number of benzene rings is 2. The number of aromatic nitrogens is 3. The van der Waals surface area contributed by atoms with E-state index in [1.54, 1.807) is 0 Å². The van der Waals surface area contributed by atoms with E-state index in [-0.39, 0.29) is 23.8 Å². The minimum Gasteiger partial charge on any atom is -0.494 e. The van der Waals surface area contributed by atoms with Gasteiger partial charge in [0.25, 0.3) is 0 Å². The van der Waals surface area contributed by atoms with E-state index in [2.05, 4.69) is 30.5 Å². The predicted molar refractivity (Wildman–Crippen MR) is 174 cm³/mol. The second-order valence-electron chi connectivity index (χ2n) is 12.1. The van der Waals surface area contributed by atoms with Crippen molar-refractivity contribution in [3.8, 4) is 17.5 Å². The summed E-state index contributed by atoms with van der Waals surface area (Å²) in [6.07, 6.45) is 2.98. The maximum absolute atomic E-state index is 13.0. The van der Waals surface area contributed by atoms with Crippen LogP contribution in [-0.4, -0.2) is 72.0 Å². The van der Waals surface area contributed by atoms with Crippen molar-refractivity contribution in [2.75, 3.05) is 50.7 Å². The second-order valence-corrected chi connectivity index (χ2v) is 12.1. The predicted octanol–water partition coefficient (Wildman–Crippen LogP) is 6.67. The first-order valence-electron chi connectivity index (χ1n) is 16.5. The Balaban J connectivity index is 1.36. The molecule has 14 heteroatoms. The van der Waals surface area contributed by atoms with Gasteiger partial charge >= 0.3 is 18.2 Å². The largest absolute Gasteiger partial charge is 0.494 e. The molecule has 1 saturated heterocycles. The normalized spacial score (nSPS) is 18.1. The van der Waals surface area contributed by atoms with E-state index in [1.165, 1.54) is 7.11 Å². The number of hydrogen-bond donors (Lipinski definition) is 2. The number of alkyl halides is 3. The van der Waals surface area contributed by atoms with Crippen molar-refractivity contribution < 1.29 is 36.9 Å². The monoisotopic (exact) mass is 672 g/mol. The van der Waals surface area contributed by atoms with Gasteiger partial charge in [-0.05, 0) is 55.5 Å². The van der Waals surface area contributed by atoms with Crippen LogP contribution in [-0.2, 0) is 22.6 Å². The molecule has 6 rings (SSSR count). The molecule has 2 N–H and O–H groups in total. The minimum atomic E-state index is -4.56. The third-order valence-electron chi connectivity index (χ3n) is 8.19. The SMILES string of the molecule is COC(=O)CC1CCN(Cc2ccc3cc2OCCCCCCCCOc2ccc(cc2)CNc2nc(nc(OCC(F)(F)F)n2)N3)C1. The number of ether oxygens (including phenoxy) is 4. The fraction of sp³-hybridized carbons (Fsp3) is 0.529. The van der Waals surface area contributed by atoms with E-state index < -0.39 is 18.8 Å². The van der Waals surface area contributed by atoms with Gasteiger partial charge in [0.05, 0.1) is 20.3 Å². The van der Waals surface area contributed by atoms with E-state index in [1.807, 2.05) is 42.5 Å². The standard InChI is InChI=1S/C34H43F3N6O5/c1-45-30(44)18-25-14-15-43(21-25)22-26-10-11-27-19-29(26)47-17-7-5-3-2-4-6-16-46-28-12-8-24(9-13-28)20-38-31-40-32(39-27)42-33(41-31)48-23-34(35,36)37/h8-13,19,25H,2-7,14-18,20-23H2,1H3,(H2,38,39,40,41,42). The van der Waals surface area contributed by atoms with Crippen molar-refractivity contribution in [2.24, 2.45) is 5.92 Å². The molecule has 260 valence electrons. The first kappa shape index (κ1) is 35.0. The van der Waals surface area contributed by atoms with E-state index >= 15 is 0 Å². The van der Waals surface area contributed by atoms with Gasteiger partial charge in [-0.1, -0.05) is 43.9 Å². The molecule has 1 unspecified atom stereocenters. The number of fused-ring (bicyclic) bond motifs is 12. The zero-order valence-electron chi connectivity index (χ0n) is 27.2. The van der Waals surface area contributed by atoms with Gasteiger partial charge in [0.2, 0.25) is 11.9 Å². The van der Waals surface area contributed by atoms with Gasteiger partial charge in [0.1, 0.15) is 11.5 Å². The van der Waals surface area contributed by atoms with E-state index in [0.717, 1.165) is 74.9 Å². The Labute approximate surface area is 278 Å². The number of halogens is 3. The van der Waals surface area contributed by atoms with Gasteiger partial charge in [-0.2, -0.15) is 28.1 Å². The molecule has 6 bridgehead atoms. The average molecular weight is 673 g/mol. The van der Waals surface area contributed by atoms with Crippen LogP contribution in [0.4, 0.5) is 30.8 Å². The molecule has 0 amide bonds. The van der Waals surface area contributed by atoms with Crippen molar-refractivity contribution in [3.63, 3.8) is 0 Å². The zero-order valence-corrected chi connectivity index (χ0v) is 27.2. The van der Waals surface area contributed by atoms with Gasteiger partial charge in [-0.3, -0.25) is 9.69 Å². The lowest BCUT2D eigenvalue weighted by atomic mass is 10.1. The molecule has 4 heterocycles. The topological polar surface area (TPSA) is 120 Å². The average Bonchev–Trinajstić information content (AvgIpc) is 3.50. The van der Waals surface area contributed by atoms with Crippen LogP contribution in [0, 0.1) is 5.92 Å². The Hall–Kier alpha value is -4.33. The number of nitrogens with one attached hydrogen (secondary N) is 2. The number of hydrogen-bond acceptors (Lipinski definition) is 11. The van der Waals surface area contributed by atoms with Gasteiger partial charge in [-0.25, -0.2) is 0 Å². The van der Waals surface area contributed by atoms with Crippen molar-refractivity contribution >= 4 is 23.6 Å². The molecular weight excluding hydrogens is 629 g/mol. The Morgan fingerprint density at radius 2 is 1.69 bits per heavy atom. The molecule has 3 aliphatic heterocycles. The van der Waals surface area contributed by atoms with Gasteiger partial charge in [-0.15, -0.1) is 0 Å². The highest BCUT2D eigenvalue weighted by atomic mass is 19.4. The molecule has 1 aromatic heterocycles. The fourth-order valence-electron chi connectivity index (χ4n) is 5.68. The van der Waals surface area contributed by atoms with Gasteiger partial charge < -0.3 is 29.6 Å². The summed E-state index contributed by atoms with van der Waals surface area (Å²) in [7, 11) is 1.41. The van der Waals surface area contributed by atoms with Crippen molar-refractivity contribution in [3.05, 3.63) is 53.6 Å². The number of rotatable bonds is 6. The van der Waals surface area contributed by atoms with Crippen LogP contribution in [0.3, 0.4) is 0 Å². The Morgan fingerprint density at radius 1 is 0.958 bits per heavy atom. The van der Waals surface area contributed by atoms with Crippen LogP contribution in [0.5, 0.6) is 17.5 Å². The molecule has 1 atom stereocenters. The highest BCUT2D eigenvalue weighted by Gasteiger charge is 2.29. The summed E-state index contributed by atoms with van der Waals surface area (Å²) in [5, 5.41) is 6.15. The van der Waals surface area contributed by atoms with Crippen LogP contribution in [0.1, 0.15) is 62.5 Å². The molecule has 11 nitrogen and oxygen atoms in total. The number of likely N-dealkylation sites (tertiary alicyclic amines) is 1. The first-order valence-corrected chi connectivity index (χ1v) is 16.5. The molecule has 0 spiro atoms. The van der Waals surface area contributed by atoms with Crippen molar-refractivity contribution in [2.45, 2.75) is 70.6 Å². The summed E-state index contributed by atoms with van der Waals surface area (Å²) in [4.78, 5) is 26.6. The number of anilines is 3. The Bertz CT molecular complexity index is 1480. The van der Waals surface area contributed by atoms with Crippen molar-refractivity contribution in [1.82, 2.24) is 19.9 Å². The smallest absolute Gasteiger partial charge is 0.422 e. The van der Waals surface area contributed by atoms with Crippen LogP contribution < -0.4 is 24.8 Å². The third-order valence-corrected chi connectivity index (χ3v) is 8.19. The molecular formula is C34H43F3N6O5. The molecule has 2 aromatic carbocycles. The molecule has 1 fully saturated rings. The van der Waals surface area contributed by atoms with Gasteiger partial charge in [0.15, 0.2) is 6.61 Å². The molecule has 48 heavy (non-hydrogen) atoms. The fourth-order valence-corrected chi connectivity index (χ4v) is 5.68. The highest BCUT2D eigenvalue weighted by Crippen LogP contribution is 2.30. The number of methoxy groups -OCH3 is 1. The molecule has 3 aromatic rings. The molecule has 0 radical (unpaired) electrons. The van der Waals surface area contributed by atoms with Crippen LogP contribution in [0.15, 0.2) is 42.5 Å². The quantitative estimate of drug-likeness (QED) is 0.274. The van der Waals surface area contributed by atoms with E-state index in [4.69, 9.17) is 18.9 Å². The lowest BCUT2D eigenvalue weighted by Gasteiger charge is -2.20. The number of esters is 1. The second kappa shape index (κ2) is 17.2. The van der Waals surface area contributed by atoms with Crippen LogP contribution in [0.2, 0.25) is 0 Å². The van der Waals surface area contributed by atoms with Crippen molar-refractivity contribution in [1.29, 1.82) is 0 Å². The minimum absolute atomic E-state index is 0.00992. The lowest BCUT2D eigenvalue weighted by molar-refractivity contribution is -0.154. The summed E-state index contributed by atoms with van der Waals surface area (Å²) in [5.74, 6) is 1.57. The number of carbonyl (C=O) groups excluding carboxylic acids is 1. The number of nitrogens with zero attached hydrogens (tertiary/aromatic N) is 4. The van der Waals surface area contributed by atoms with E-state index in [0.29, 0.717) is 44.2 Å². The maximum atomic E-state index is 13.0. The third kappa shape index (κ3) is 11.4. The lowest BCUT2D eigenvalue weighted by Crippen LogP contribution is -2.21. The maximum Gasteiger partial charge on any atom is 0.422 e. The summed E-state index contributed by atoms with van der Waals surface area (Å²) >= 11 is 0. The summed E-state index contributed by atoms with van der Waals surface area (Å²) < 4.78 is 60.8. The van der Waals surface area contributed by atoms with Crippen LogP contribution >= 0.6 is 0 Å². The molecule has 0 aliphatic carbocycles. The Kier molecular flexibility index (Phi) is 12.5. The molecule has 3 aliphatic rings. The summed E-state index contributed by atoms with van der Waals surface area (Å²) in [6, 6.07) is 12.8. The number of carbonyl (C=O) groups is 1. The summed E-state index contributed by atoms with van der Waals surface area (Å²) in [5.41, 5.74) is 2.48. The van der Waals surface area contributed by atoms with E-state index in [9.17, 15) is 18.0 Å². The highest BCUT2D eigenvalue weighted by molar-refractivity contribution is 5.69. The first-order chi connectivity index (χ1) is 23.2. The summed E-state index contributed by atoms with van der Waals surface area (Å²) in [6.45, 7) is 2.23. The molecule has 0 saturated carbocycles. The van der Waals surface area contributed by atoms with Crippen LogP contribution in [0.25, 0.3) is 0 Å². The zero-order chi connectivity index (χ0) is 33.8.